The first-order valence-electron chi connectivity index (χ1n) is 29.9. The molecule has 9 atom stereocenters. The molecule has 0 spiro atoms. The van der Waals surface area contributed by atoms with Gasteiger partial charge in [-0.1, -0.05) is 56.1 Å². The Kier molecular flexibility index (Phi) is 20.2. The largest absolute Gasteiger partial charge is 0.444 e. The zero-order valence-corrected chi connectivity index (χ0v) is 54.5. The number of halogens is 3. The van der Waals surface area contributed by atoms with Gasteiger partial charge in [0.2, 0.25) is 0 Å². The van der Waals surface area contributed by atoms with Crippen LogP contribution in [-0.4, -0.2) is 77.9 Å². The van der Waals surface area contributed by atoms with Crippen molar-refractivity contribution in [2.24, 2.45) is 56.2 Å². The second kappa shape index (κ2) is 27.4. The number of thioether (sulfide) groups is 3. The van der Waals surface area contributed by atoms with Crippen LogP contribution in [0.1, 0.15) is 150 Å². The summed E-state index contributed by atoms with van der Waals surface area (Å²) in [5, 5.41) is 30.1. The lowest BCUT2D eigenvalue weighted by molar-refractivity contribution is 0.0552. The van der Waals surface area contributed by atoms with E-state index in [9.17, 15) is 28.0 Å². The van der Waals surface area contributed by atoms with Gasteiger partial charge in [-0.25, -0.2) is 32.7 Å². The molecule has 478 valence electrons. The number of nitriles is 2. The van der Waals surface area contributed by atoms with E-state index in [1.807, 2.05) is 12.1 Å². The lowest BCUT2D eigenvalue weighted by Gasteiger charge is -2.37. The molecule has 3 fully saturated rings. The van der Waals surface area contributed by atoms with E-state index < -0.39 is 57.6 Å². The van der Waals surface area contributed by atoms with Crippen LogP contribution in [0.2, 0.25) is 0 Å². The van der Waals surface area contributed by atoms with Gasteiger partial charge in [0, 0.05) is 63.4 Å². The quantitative estimate of drug-likeness (QED) is 0.0826. The number of amides is 4. The van der Waals surface area contributed by atoms with Gasteiger partial charge in [0.15, 0.2) is 15.5 Å². The molecular weight excluding hydrogens is 1220 g/mol. The maximum atomic E-state index is 15.3. The van der Waals surface area contributed by atoms with Crippen LogP contribution in [0, 0.1) is 75.6 Å². The Balaban J connectivity index is 0.000000164. The third kappa shape index (κ3) is 15.8. The Morgan fingerprint density at radius 1 is 0.538 bits per heavy atom. The van der Waals surface area contributed by atoms with Crippen molar-refractivity contribution in [2.75, 3.05) is 33.6 Å². The van der Waals surface area contributed by atoms with E-state index in [1.165, 1.54) is 102 Å². The van der Waals surface area contributed by atoms with E-state index in [0.717, 1.165) is 43.6 Å². The summed E-state index contributed by atoms with van der Waals surface area (Å²) in [6.45, 7) is 17.2. The topological polar surface area (TPSA) is 297 Å². The summed E-state index contributed by atoms with van der Waals surface area (Å²) in [5.41, 5.74) is 12.3. The van der Waals surface area contributed by atoms with Crippen LogP contribution in [0.25, 0.3) is 0 Å². The highest BCUT2D eigenvalue weighted by Crippen LogP contribution is 2.57. The number of aromatic nitrogens is 2. The molecule has 3 aliphatic carbocycles. The number of benzene rings is 3. The maximum absolute atomic E-state index is 15.3. The zero-order chi connectivity index (χ0) is 65.8. The summed E-state index contributed by atoms with van der Waals surface area (Å²) in [6, 6.07) is 23.5. The van der Waals surface area contributed by atoms with E-state index in [0.29, 0.717) is 90.3 Å². The van der Waals surface area contributed by atoms with Crippen LogP contribution in [0.4, 0.5) is 39.8 Å². The van der Waals surface area contributed by atoms with E-state index in [4.69, 9.17) is 46.4 Å². The van der Waals surface area contributed by atoms with E-state index >= 15 is 4.39 Å². The molecule has 3 aliphatic heterocycles. The highest BCUT2D eigenvalue weighted by atomic mass is 32.2. The van der Waals surface area contributed by atoms with Crippen LogP contribution >= 0.6 is 35.3 Å². The molecule has 0 saturated heterocycles. The normalized spacial score (nSPS) is 25.4. The first-order valence-corrected chi connectivity index (χ1v) is 32.9. The molecular formula is C66H74F3N13O6S3. The molecule has 0 bridgehead atoms. The minimum atomic E-state index is -0.869. The first-order chi connectivity index (χ1) is 43.0. The van der Waals surface area contributed by atoms with Gasteiger partial charge < -0.3 is 31.6 Å². The lowest BCUT2D eigenvalue weighted by atomic mass is 9.81. The van der Waals surface area contributed by atoms with Gasteiger partial charge in [-0.05, 0) is 194 Å². The van der Waals surface area contributed by atoms with Gasteiger partial charge in [-0.2, -0.15) is 10.5 Å². The molecule has 11 rings (SSSR count). The van der Waals surface area contributed by atoms with Gasteiger partial charge in [-0.15, -0.1) is 0 Å². The number of nitrogens with zero attached hydrogens (tertiary/aromatic N) is 7. The fourth-order valence-electron chi connectivity index (χ4n) is 13.0. The summed E-state index contributed by atoms with van der Waals surface area (Å²) in [4.78, 5) is 72.2. The first kappa shape index (κ1) is 67.3. The van der Waals surface area contributed by atoms with Crippen LogP contribution in [0.5, 0.6) is 0 Å². The molecule has 6 aliphatic rings. The molecule has 0 unspecified atom stereocenters. The number of rotatable bonds is 7. The van der Waals surface area contributed by atoms with Crippen molar-refractivity contribution in [1.29, 1.82) is 10.5 Å². The van der Waals surface area contributed by atoms with Gasteiger partial charge in [0.05, 0.1) is 27.7 Å². The number of fused-ring (bicyclic) bond motifs is 3. The molecule has 0 radical (unpaired) electrons. The van der Waals surface area contributed by atoms with Crippen LogP contribution < -0.4 is 32.7 Å². The predicted molar refractivity (Wildman–Crippen MR) is 351 cm³/mol. The number of pyridine rings is 2. The number of nitrogens with two attached hydrogens (primary N) is 2. The number of amidine groups is 3. The fourth-order valence-corrected chi connectivity index (χ4v) is 16.3. The van der Waals surface area contributed by atoms with Gasteiger partial charge in [0.1, 0.15) is 52.2 Å². The van der Waals surface area contributed by atoms with Gasteiger partial charge in [-0.3, -0.25) is 35.2 Å². The Hall–Kier alpha value is -8.13. The number of hydrogen-bond donors (Lipinski definition) is 6. The van der Waals surface area contributed by atoms with Gasteiger partial charge >= 0.3 is 12.2 Å². The smallest absolute Gasteiger partial charge is 0.413 e. The van der Waals surface area contributed by atoms with Crippen molar-refractivity contribution >= 4 is 91.9 Å². The minimum Gasteiger partial charge on any atom is -0.444 e. The molecule has 8 N–H and O–H groups in total. The standard InChI is InChI=1S/C26H28FN5O3S.C21H20FN5OS.C19H26FN3O2S/c1-15-9-17-14-36-23(31-24(34)35-25(2,3)4)32-26(17,11-15)19-10-18(6-7-20(19)27)30-22(33)21-8-5-16(12-28)13-29-21;1-12-6-14-11-29-20(24)27-21(14,8-12)16-7-15(3-4-17(16)22)26-19(28)18-5-2-13(9-23)10-25-18;1-11-7-12-10-26-16(22-17(24)25-18(2,3)4)23-19(12,9-11)14-8-13(21)5-6-15(14)20/h5-8,10,13,15,17H,9,11,14H2,1-4H3,(H,30,33)(H,31,32,34);2-5,7,10,12,14H,6,8,11H2,1H3,(H2,24,27)(H,26,28);5-6,8,11-12H,7,9-10,21H2,1-4H3,(H,22,23,24)/t15-,17+,26+;12-,14+,21+;11-,12+,19+/m111/s1. The molecule has 5 heterocycles. The van der Waals surface area contributed by atoms with Crippen molar-refractivity contribution in [3.05, 3.63) is 148 Å². The number of anilines is 3. The fraction of sp³-hybridized carbons (Fsp3) is 0.439. The Bertz CT molecular complexity index is 3790. The average Bonchev–Trinajstić information content (AvgIpc) is 1.70. The Morgan fingerprint density at radius 2 is 0.912 bits per heavy atom. The summed E-state index contributed by atoms with van der Waals surface area (Å²) in [7, 11) is 0. The number of ether oxygens (including phenoxy) is 2. The summed E-state index contributed by atoms with van der Waals surface area (Å²) in [5.74, 6) is 1.91. The zero-order valence-electron chi connectivity index (χ0n) is 52.1. The molecule has 25 heteroatoms. The third-order valence-electron chi connectivity index (χ3n) is 16.6. The molecule has 19 nitrogen and oxygen atoms in total. The van der Waals surface area contributed by atoms with E-state index in [2.05, 4.69) is 52.0 Å². The molecule has 5 aromatic rings. The predicted octanol–water partition coefficient (Wildman–Crippen LogP) is 13.1. The number of nitrogens with one attached hydrogen (secondary N) is 4. The molecule has 4 amide bonds. The number of nitrogen functional groups attached to an aromatic ring is 1. The summed E-state index contributed by atoms with van der Waals surface area (Å²) >= 11 is 4.42. The van der Waals surface area contributed by atoms with Crippen molar-refractivity contribution in [1.82, 2.24) is 20.6 Å². The van der Waals surface area contributed by atoms with Crippen LogP contribution in [0.15, 0.2) is 106 Å². The Labute approximate surface area is 540 Å². The Morgan fingerprint density at radius 3 is 1.29 bits per heavy atom. The molecule has 3 saturated carbocycles. The molecule has 2 aromatic heterocycles. The second-order valence-corrected chi connectivity index (χ2v) is 29.2. The second-order valence-electron chi connectivity index (χ2n) is 26.1. The van der Waals surface area contributed by atoms with Crippen LogP contribution in [0.3, 0.4) is 0 Å². The van der Waals surface area contributed by atoms with Crippen molar-refractivity contribution in [3.8, 4) is 12.1 Å². The number of alkyl carbamates (subject to hydrolysis) is 2. The molecule has 3 aromatic carbocycles. The van der Waals surface area contributed by atoms with E-state index in [1.54, 1.807) is 65.8 Å². The number of carbonyl (C=O) groups is 4. The highest BCUT2D eigenvalue weighted by molar-refractivity contribution is 8.14. The SMILES string of the molecule is C[C@@H]1C[C@H]2CSC(N)=N[C@@]2(c2cc(NC(=O)c3ccc(C#N)cn3)ccc2F)C1.C[C@@H]1C[C@H]2CSC(NC(=O)OC(C)(C)C)=N[C@@]2(c2cc(N)ccc2F)C1.C[C@@H]1C[C@H]2CSC(NC(=O)OC(C)(C)C)=N[C@@]2(c2cc(NC(=O)c3ccc(C#N)cn3)ccc2F)C1. The van der Waals surface area contributed by atoms with Gasteiger partial charge in [0.25, 0.3) is 11.8 Å². The minimum absolute atomic E-state index is 0.0716. The average molecular weight is 1300 g/mol. The van der Waals surface area contributed by atoms with Crippen LogP contribution in [-0.2, 0) is 26.1 Å². The highest BCUT2D eigenvalue weighted by Gasteiger charge is 2.54. The summed E-state index contributed by atoms with van der Waals surface area (Å²) in [6.07, 6.45) is 6.40. The number of aliphatic imine (C=N–C) groups is 3. The lowest BCUT2D eigenvalue weighted by Crippen LogP contribution is -2.42. The summed E-state index contributed by atoms with van der Waals surface area (Å²) < 4.78 is 55.6. The number of carbonyl (C=O) groups excluding carboxylic acids is 4. The maximum Gasteiger partial charge on any atom is 0.413 e. The monoisotopic (exact) mass is 1300 g/mol. The van der Waals surface area contributed by atoms with Crippen molar-refractivity contribution in [2.45, 2.75) is 129 Å². The van der Waals surface area contributed by atoms with Crippen molar-refractivity contribution in [3.63, 3.8) is 0 Å². The molecule has 91 heavy (non-hydrogen) atoms. The van der Waals surface area contributed by atoms with Crippen molar-refractivity contribution < 1.29 is 41.8 Å². The van der Waals surface area contributed by atoms with E-state index in [-0.39, 0.29) is 40.8 Å². The third-order valence-corrected chi connectivity index (χ3v) is 19.6. The number of hydrogen-bond acceptors (Lipinski definition) is 18.